The molecule has 0 amide bonds. The molecule has 0 saturated carbocycles. The molecule has 1 aromatic carbocycles. The van der Waals surface area contributed by atoms with E-state index in [1.807, 2.05) is 0 Å². The van der Waals surface area contributed by atoms with E-state index < -0.39 is 10.0 Å². The zero-order valence-corrected chi connectivity index (χ0v) is 10.9. The first-order valence-electron chi connectivity index (χ1n) is 4.75. The predicted molar refractivity (Wildman–Crippen MR) is 67.3 cm³/mol. The van der Waals surface area contributed by atoms with E-state index >= 15 is 0 Å². The second-order valence-electron chi connectivity index (χ2n) is 3.52. The maximum atomic E-state index is 11.9. The fourth-order valence-corrected chi connectivity index (χ4v) is 2.74. The Morgan fingerprint density at radius 1 is 1.38 bits per heavy atom. The van der Waals surface area contributed by atoms with Crippen molar-refractivity contribution in [3.05, 3.63) is 29.8 Å². The van der Waals surface area contributed by atoms with E-state index in [0.717, 1.165) is 5.56 Å². The zero-order valence-electron chi connectivity index (χ0n) is 9.30. The molecule has 0 heterocycles. The standard InChI is InChI=1S/C10H16N2O2S.ClH/c1-8-5-3-4-6-10(8)15(13,14)12-9(2)7-11;/h3-6,9,12H,7,11H2,1-2H3;1H/t9-;/m0./s1. The van der Waals surface area contributed by atoms with E-state index in [4.69, 9.17) is 5.73 Å². The molecular formula is C10H17ClN2O2S. The van der Waals surface area contributed by atoms with Gasteiger partial charge in [-0.25, -0.2) is 13.1 Å². The van der Waals surface area contributed by atoms with Crippen LogP contribution in [0.5, 0.6) is 0 Å². The molecule has 1 atom stereocenters. The highest BCUT2D eigenvalue weighted by molar-refractivity contribution is 7.89. The molecule has 0 fully saturated rings. The summed E-state index contributed by atoms with van der Waals surface area (Å²) in [5.74, 6) is 0. The van der Waals surface area contributed by atoms with Gasteiger partial charge in [-0.15, -0.1) is 12.4 Å². The van der Waals surface area contributed by atoms with E-state index in [1.165, 1.54) is 0 Å². The number of halogens is 1. The first kappa shape index (κ1) is 15.4. The van der Waals surface area contributed by atoms with Gasteiger partial charge >= 0.3 is 0 Å². The maximum absolute atomic E-state index is 11.9. The Balaban J connectivity index is 0.00000225. The van der Waals surface area contributed by atoms with Crippen molar-refractivity contribution < 1.29 is 8.42 Å². The average Bonchev–Trinajstić information content (AvgIpc) is 2.17. The predicted octanol–water partition coefficient (Wildman–Crippen LogP) is 1.04. The van der Waals surface area contributed by atoms with E-state index in [9.17, 15) is 8.42 Å². The van der Waals surface area contributed by atoms with Crippen molar-refractivity contribution in [1.82, 2.24) is 4.72 Å². The van der Waals surface area contributed by atoms with Crippen LogP contribution in [0.4, 0.5) is 0 Å². The monoisotopic (exact) mass is 264 g/mol. The number of hydrogen-bond acceptors (Lipinski definition) is 3. The van der Waals surface area contributed by atoms with Crippen LogP contribution >= 0.6 is 12.4 Å². The lowest BCUT2D eigenvalue weighted by Gasteiger charge is -2.13. The van der Waals surface area contributed by atoms with Gasteiger partial charge < -0.3 is 5.73 Å². The molecule has 16 heavy (non-hydrogen) atoms. The Morgan fingerprint density at radius 2 is 1.94 bits per heavy atom. The van der Waals surface area contributed by atoms with Crippen molar-refractivity contribution in [2.75, 3.05) is 6.54 Å². The third kappa shape index (κ3) is 3.75. The molecular weight excluding hydrogens is 248 g/mol. The zero-order chi connectivity index (χ0) is 11.5. The van der Waals surface area contributed by atoms with E-state index in [2.05, 4.69) is 4.72 Å². The van der Waals surface area contributed by atoms with Crippen LogP contribution in [0.2, 0.25) is 0 Å². The quantitative estimate of drug-likeness (QED) is 0.854. The van der Waals surface area contributed by atoms with Gasteiger partial charge in [0.05, 0.1) is 4.90 Å². The third-order valence-electron chi connectivity index (χ3n) is 2.09. The molecule has 4 nitrogen and oxygen atoms in total. The Hall–Kier alpha value is -0.620. The Labute approximate surface area is 103 Å². The highest BCUT2D eigenvalue weighted by Gasteiger charge is 2.17. The highest BCUT2D eigenvalue weighted by atomic mass is 35.5. The number of aryl methyl sites for hydroxylation is 1. The average molecular weight is 265 g/mol. The molecule has 0 saturated heterocycles. The van der Waals surface area contributed by atoms with E-state index in [-0.39, 0.29) is 25.0 Å². The van der Waals surface area contributed by atoms with Gasteiger partial charge in [0.1, 0.15) is 0 Å². The van der Waals surface area contributed by atoms with Crippen molar-refractivity contribution >= 4 is 22.4 Å². The van der Waals surface area contributed by atoms with Crippen LogP contribution in [0.25, 0.3) is 0 Å². The van der Waals surface area contributed by atoms with Crippen molar-refractivity contribution in [3.8, 4) is 0 Å². The summed E-state index contributed by atoms with van der Waals surface area (Å²) in [4.78, 5) is 0.310. The number of hydrogen-bond donors (Lipinski definition) is 2. The summed E-state index contributed by atoms with van der Waals surface area (Å²) in [6, 6.07) is 6.60. The number of benzene rings is 1. The number of nitrogens with one attached hydrogen (secondary N) is 1. The van der Waals surface area contributed by atoms with Gasteiger partial charge in [0.25, 0.3) is 0 Å². The Kier molecular flexibility index (Phi) is 5.96. The normalized spacial score (nSPS) is 12.9. The molecule has 0 bridgehead atoms. The van der Waals surface area contributed by atoms with Crippen molar-refractivity contribution in [1.29, 1.82) is 0 Å². The number of rotatable bonds is 4. The van der Waals surface area contributed by atoms with Gasteiger partial charge in [-0.05, 0) is 25.5 Å². The Bertz CT molecular complexity index is 434. The Morgan fingerprint density at radius 3 is 2.44 bits per heavy atom. The number of sulfonamides is 1. The second kappa shape index (κ2) is 6.20. The maximum Gasteiger partial charge on any atom is 0.241 e. The smallest absolute Gasteiger partial charge is 0.241 e. The van der Waals surface area contributed by atoms with Gasteiger partial charge in [-0.2, -0.15) is 0 Å². The SMILES string of the molecule is Cc1ccccc1S(=O)(=O)N[C@@H](C)CN.Cl. The second-order valence-corrected chi connectivity index (χ2v) is 5.21. The van der Waals surface area contributed by atoms with Gasteiger partial charge in [0, 0.05) is 12.6 Å². The summed E-state index contributed by atoms with van der Waals surface area (Å²) < 4.78 is 26.2. The molecule has 92 valence electrons. The third-order valence-corrected chi connectivity index (χ3v) is 3.84. The van der Waals surface area contributed by atoms with Gasteiger partial charge in [-0.1, -0.05) is 18.2 Å². The fraction of sp³-hybridized carbons (Fsp3) is 0.400. The van der Waals surface area contributed by atoms with E-state index in [1.54, 1.807) is 38.1 Å². The lowest BCUT2D eigenvalue weighted by molar-refractivity contribution is 0.562. The molecule has 0 aliphatic heterocycles. The van der Waals surface area contributed by atoms with Crippen LogP contribution in [0.3, 0.4) is 0 Å². The minimum Gasteiger partial charge on any atom is -0.329 e. The molecule has 1 rings (SSSR count). The molecule has 0 aliphatic carbocycles. The lowest BCUT2D eigenvalue weighted by Crippen LogP contribution is -2.37. The molecule has 1 aromatic rings. The van der Waals surface area contributed by atoms with Crippen LogP contribution in [0, 0.1) is 6.92 Å². The fourth-order valence-electron chi connectivity index (χ4n) is 1.23. The molecule has 0 unspecified atom stereocenters. The van der Waals surface area contributed by atoms with Crippen molar-refractivity contribution in [2.45, 2.75) is 24.8 Å². The minimum absolute atomic E-state index is 0. The van der Waals surface area contributed by atoms with Crippen LogP contribution in [0.15, 0.2) is 29.2 Å². The molecule has 0 aromatic heterocycles. The molecule has 0 aliphatic rings. The van der Waals surface area contributed by atoms with Crippen molar-refractivity contribution in [2.24, 2.45) is 5.73 Å². The summed E-state index contributed by atoms with van der Waals surface area (Å²) in [5, 5.41) is 0. The number of nitrogens with two attached hydrogens (primary N) is 1. The topological polar surface area (TPSA) is 72.2 Å². The summed E-state index contributed by atoms with van der Waals surface area (Å²) in [6.07, 6.45) is 0. The van der Waals surface area contributed by atoms with Gasteiger partial charge in [0.15, 0.2) is 0 Å². The lowest BCUT2D eigenvalue weighted by atomic mass is 10.2. The first-order valence-corrected chi connectivity index (χ1v) is 6.23. The highest BCUT2D eigenvalue weighted by Crippen LogP contribution is 2.13. The molecule has 0 spiro atoms. The van der Waals surface area contributed by atoms with Crippen LogP contribution < -0.4 is 10.5 Å². The summed E-state index contributed by atoms with van der Waals surface area (Å²) >= 11 is 0. The largest absolute Gasteiger partial charge is 0.329 e. The summed E-state index contributed by atoms with van der Waals surface area (Å²) in [5.41, 5.74) is 6.10. The molecule has 6 heteroatoms. The van der Waals surface area contributed by atoms with E-state index in [0.29, 0.717) is 4.90 Å². The van der Waals surface area contributed by atoms with Crippen LogP contribution in [-0.4, -0.2) is 21.0 Å². The summed E-state index contributed by atoms with van der Waals surface area (Å²) in [7, 11) is -3.43. The van der Waals surface area contributed by atoms with Gasteiger partial charge in [0.2, 0.25) is 10.0 Å². The molecule has 3 N–H and O–H groups in total. The van der Waals surface area contributed by atoms with Crippen LogP contribution in [0.1, 0.15) is 12.5 Å². The van der Waals surface area contributed by atoms with Gasteiger partial charge in [-0.3, -0.25) is 0 Å². The molecule has 0 radical (unpaired) electrons. The minimum atomic E-state index is -3.43. The summed E-state index contributed by atoms with van der Waals surface area (Å²) in [6.45, 7) is 3.78. The van der Waals surface area contributed by atoms with Crippen LogP contribution in [-0.2, 0) is 10.0 Å². The first-order chi connectivity index (χ1) is 6.97. The van der Waals surface area contributed by atoms with Crippen molar-refractivity contribution in [3.63, 3.8) is 0 Å².